The molecule has 1 heterocycles. The minimum Gasteiger partial charge on any atom is -0.508 e. The molecule has 0 bridgehead atoms. The van der Waals surface area contributed by atoms with Gasteiger partial charge in [0.15, 0.2) is 0 Å². The summed E-state index contributed by atoms with van der Waals surface area (Å²) in [4.78, 5) is 0. The van der Waals surface area contributed by atoms with Gasteiger partial charge in [-0.25, -0.2) is 4.68 Å². The van der Waals surface area contributed by atoms with Crippen molar-refractivity contribution in [3.8, 4) is 5.75 Å². The van der Waals surface area contributed by atoms with E-state index < -0.39 is 0 Å². The number of aromatic hydroxyl groups is 1. The average molecular weight is 254 g/mol. The summed E-state index contributed by atoms with van der Waals surface area (Å²) >= 11 is 0. The van der Waals surface area contributed by atoms with Gasteiger partial charge in [0, 0.05) is 5.69 Å². The maximum Gasteiger partial charge on any atom is 0.115 e. The number of benzene rings is 2. The van der Waals surface area contributed by atoms with E-state index in [0.29, 0.717) is 6.67 Å². The molecule has 2 aromatic carbocycles. The molecule has 96 valence electrons. The largest absolute Gasteiger partial charge is 0.508 e. The van der Waals surface area contributed by atoms with Crippen LogP contribution >= 0.6 is 0 Å². The SMILES string of the molecule is Cc1cc(O)ccc1NCn1nnc2ccccc21. The molecule has 0 atom stereocenters. The number of nitrogens with one attached hydrogen (secondary N) is 1. The third-order valence-corrected chi connectivity index (χ3v) is 3.05. The first-order chi connectivity index (χ1) is 9.24. The van der Waals surface area contributed by atoms with Crippen LogP contribution in [0, 0.1) is 6.92 Å². The zero-order valence-electron chi connectivity index (χ0n) is 10.5. The lowest BCUT2D eigenvalue weighted by Gasteiger charge is -2.10. The van der Waals surface area contributed by atoms with Gasteiger partial charge in [-0.2, -0.15) is 0 Å². The summed E-state index contributed by atoms with van der Waals surface area (Å²) in [7, 11) is 0. The van der Waals surface area contributed by atoms with Crippen molar-refractivity contribution in [2.24, 2.45) is 0 Å². The number of aromatic nitrogens is 3. The molecule has 0 amide bonds. The highest BCUT2D eigenvalue weighted by molar-refractivity contribution is 5.73. The summed E-state index contributed by atoms with van der Waals surface area (Å²) in [6.45, 7) is 2.48. The van der Waals surface area contributed by atoms with Crippen LogP contribution in [0.15, 0.2) is 42.5 Å². The first-order valence-electron chi connectivity index (χ1n) is 6.06. The van der Waals surface area contributed by atoms with Gasteiger partial charge in [-0.1, -0.05) is 17.3 Å². The number of anilines is 1. The first kappa shape index (κ1) is 11.5. The molecule has 1 aromatic heterocycles. The third-order valence-electron chi connectivity index (χ3n) is 3.05. The van der Waals surface area contributed by atoms with Crippen molar-refractivity contribution in [2.45, 2.75) is 13.6 Å². The lowest BCUT2D eigenvalue weighted by molar-refractivity contribution is 0.475. The van der Waals surface area contributed by atoms with Crippen LogP contribution in [0.2, 0.25) is 0 Å². The Bertz CT molecular complexity index is 720. The van der Waals surface area contributed by atoms with E-state index in [1.807, 2.05) is 41.9 Å². The van der Waals surface area contributed by atoms with Crippen molar-refractivity contribution in [2.75, 3.05) is 5.32 Å². The van der Waals surface area contributed by atoms with Crippen LogP contribution in [-0.2, 0) is 6.67 Å². The van der Waals surface area contributed by atoms with Gasteiger partial charge >= 0.3 is 0 Å². The van der Waals surface area contributed by atoms with Crippen molar-refractivity contribution < 1.29 is 5.11 Å². The van der Waals surface area contributed by atoms with Crippen molar-refractivity contribution in [3.05, 3.63) is 48.0 Å². The van der Waals surface area contributed by atoms with Gasteiger partial charge < -0.3 is 10.4 Å². The number of phenolic OH excluding ortho intramolecular Hbond substituents is 1. The van der Waals surface area contributed by atoms with Crippen molar-refractivity contribution in [1.82, 2.24) is 15.0 Å². The smallest absolute Gasteiger partial charge is 0.115 e. The Balaban J connectivity index is 1.82. The molecule has 0 unspecified atom stereocenters. The van der Waals surface area contributed by atoms with Gasteiger partial charge in [0.25, 0.3) is 0 Å². The normalized spacial score (nSPS) is 10.8. The highest BCUT2D eigenvalue weighted by Gasteiger charge is 2.04. The maximum atomic E-state index is 9.38. The Morgan fingerprint density at radius 2 is 2.05 bits per heavy atom. The molecule has 0 spiro atoms. The molecule has 19 heavy (non-hydrogen) atoms. The van der Waals surface area contributed by atoms with Gasteiger partial charge in [-0.15, -0.1) is 5.10 Å². The number of para-hydroxylation sites is 1. The van der Waals surface area contributed by atoms with Crippen LogP contribution in [0.5, 0.6) is 5.75 Å². The summed E-state index contributed by atoms with van der Waals surface area (Å²) in [5.41, 5.74) is 3.83. The summed E-state index contributed by atoms with van der Waals surface area (Å²) < 4.78 is 1.81. The quantitative estimate of drug-likeness (QED) is 0.705. The topological polar surface area (TPSA) is 63.0 Å². The molecular weight excluding hydrogens is 240 g/mol. The van der Waals surface area contributed by atoms with Crippen molar-refractivity contribution >= 4 is 16.7 Å². The van der Waals surface area contributed by atoms with E-state index in [1.54, 1.807) is 12.1 Å². The predicted molar refractivity (Wildman–Crippen MR) is 74.0 cm³/mol. The predicted octanol–water partition coefficient (Wildman–Crippen LogP) is 2.51. The zero-order chi connectivity index (χ0) is 13.2. The number of nitrogens with zero attached hydrogens (tertiary/aromatic N) is 3. The third kappa shape index (κ3) is 2.22. The molecule has 5 heteroatoms. The van der Waals surface area contributed by atoms with Crippen LogP contribution < -0.4 is 5.32 Å². The van der Waals surface area contributed by atoms with E-state index in [-0.39, 0.29) is 5.75 Å². The second-order valence-electron chi connectivity index (χ2n) is 4.41. The Morgan fingerprint density at radius 1 is 1.21 bits per heavy atom. The monoisotopic (exact) mass is 254 g/mol. The Kier molecular flexibility index (Phi) is 2.79. The van der Waals surface area contributed by atoms with Crippen LogP contribution in [0.1, 0.15) is 5.56 Å². The Hall–Kier alpha value is -2.56. The van der Waals surface area contributed by atoms with E-state index >= 15 is 0 Å². The number of fused-ring (bicyclic) bond motifs is 1. The fourth-order valence-corrected chi connectivity index (χ4v) is 2.04. The number of hydrogen-bond donors (Lipinski definition) is 2. The van der Waals surface area contributed by atoms with Gasteiger partial charge in [-0.05, 0) is 42.8 Å². The van der Waals surface area contributed by atoms with E-state index in [4.69, 9.17) is 0 Å². The van der Waals surface area contributed by atoms with Crippen molar-refractivity contribution in [1.29, 1.82) is 0 Å². The minimum absolute atomic E-state index is 0.272. The molecule has 3 aromatic rings. The molecule has 0 aliphatic heterocycles. The number of phenols is 1. The fourth-order valence-electron chi connectivity index (χ4n) is 2.04. The molecule has 0 fully saturated rings. The van der Waals surface area contributed by atoms with Crippen LogP contribution in [0.4, 0.5) is 5.69 Å². The molecule has 0 aliphatic carbocycles. The summed E-state index contributed by atoms with van der Waals surface area (Å²) in [6, 6.07) is 13.1. The van der Waals surface area contributed by atoms with E-state index in [0.717, 1.165) is 22.3 Å². The van der Waals surface area contributed by atoms with Gasteiger partial charge in [0.2, 0.25) is 0 Å². The average Bonchev–Trinajstić information content (AvgIpc) is 2.81. The summed E-state index contributed by atoms with van der Waals surface area (Å²) in [5.74, 6) is 0.272. The van der Waals surface area contributed by atoms with Gasteiger partial charge in [0.1, 0.15) is 17.9 Å². The number of rotatable bonds is 3. The summed E-state index contributed by atoms with van der Waals surface area (Å²) in [5, 5.41) is 20.9. The van der Waals surface area contributed by atoms with E-state index in [2.05, 4.69) is 15.6 Å². The van der Waals surface area contributed by atoms with Crippen LogP contribution in [0.25, 0.3) is 11.0 Å². The standard InChI is InChI=1S/C14H14N4O/c1-10-8-11(19)6-7-12(10)15-9-18-14-5-3-2-4-13(14)16-17-18/h2-8,15,19H,9H2,1H3. The first-order valence-corrected chi connectivity index (χ1v) is 6.06. The van der Waals surface area contributed by atoms with Crippen molar-refractivity contribution in [3.63, 3.8) is 0 Å². The second kappa shape index (κ2) is 4.61. The van der Waals surface area contributed by atoms with Gasteiger partial charge in [0.05, 0.1) is 5.52 Å². The molecule has 0 saturated carbocycles. The zero-order valence-corrected chi connectivity index (χ0v) is 10.5. The minimum atomic E-state index is 0.272. The molecule has 0 saturated heterocycles. The molecule has 3 rings (SSSR count). The molecule has 2 N–H and O–H groups in total. The van der Waals surface area contributed by atoms with E-state index in [9.17, 15) is 5.11 Å². The molecule has 0 radical (unpaired) electrons. The van der Waals surface area contributed by atoms with E-state index in [1.165, 1.54) is 0 Å². The lowest BCUT2D eigenvalue weighted by Crippen LogP contribution is -2.10. The number of hydrogen-bond acceptors (Lipinski definition) is 4. The van der Waals surface area contributed by atoms with Crippen LogP contribution in [-0.4, -0.2) is 20.1 Å². The lowest BCUT2D eigenvalue weighted by atomic mass is 10.2. The Labute approximate surface area is 110 Å². The Morgan fingerprint density at radius 3 is 2.89 bits per heavy atom. The number of aryl methyl sites for hydroxylation is 1. The highest BCUT2D eigenvalue weighted by Crippen LogP contribution is 2.20. The van der Waals surface area contributed by atoms with Gasteiger partial charge in [-0.3, -0.25) is 0 Å². The van der Waals surface area contributed by atoms with Crippen LogP contribution in [0.3, 0.4) is 0 Å². The summed E-state index contributed by atoms with van der Waals surface area (Å²) in [6.07, 6.45) is 0. The molecular formula is C14H14N4O. The fraction of sp³-hybridized carbons (Fsp3) is 0.143. The molecule has 5 nitrogen and oxygen atoms in total. The second-order valence-corrected chi connectivity index (χ2v) is 4.41. The highest BCUT2D eigenvalue weighted by atomic mass is 16.3. The maximum absolute atomic E-state index is 9.38. The molecule has 0 aliphatic rings.